The summed E-state index contributed by atoms with van der Waals surface area (Å²) in [5, 5.41) is 12.6. The second kappa shape index (κ2) is 8.30. The molecule has 2 N–H and O–H groups in total. The van der Waals surface area contributed by atoms with E-state index in [1.54, 1.807) is 0 Å². The molecule has 0 saturated carbocycles. The fourth-order valence-electron chi connectivity index (χ4n) is 4.13. The van der Waals surface area contributed by atoms with Gasteiger partial charge in [-0.3, -0.25) is 0 Å². The van der Waals surface area contributed by atoms with Gasteiger partial charge < -0.3 is 15.2 Å². The molecule has 0 bridgehead atoms. The zero-order valence-corrected chi connectivity index (χ0v) is 17.8. The third-order valence-electron chi connectivity index (χ3n) is 5.68. The van der Waals surface area contributed by atoms with Crippen molar-refractivity contribution in [3.8, 4) is 17.6 Å². The lowest BCUT2D eigenvalue weighted by Crippen LogP contribution is -2.21. The van der Waals surface area contributed by atoms with Gasteiger partial charge in [0.25, 0.3) is 0 Å². The average molecular weight is 439 g/mol. The maximum Gasteiger partial charge on any atom is 0.205 e. The number of rotatable bonds is 4. The molecule has 0 fully saturated rings. The molecule has 156 valence electrons. The highest BCUT2D eigenvalue weighted by Gasteiger charge is 2.33. The second-order valence-corrected chi connectivity index (χ2v) is 7.95. The number of nitriles is 1. The average Bonchev–Trinajstić information content (AvgIpc) is 2.83. The van der Waals surface area contributed by atoms with Crippen LogP contribution >= 0.6 is 11.6 Å². The van der Waals surface area contributed by atoms with Crippen LogP contribution < -0.4 is 15.2 Å². The number of nitrogens with two attached hydrogens (primary N) is 1. The summed E-state index contributed by atoms with van der Waals surface area (Å²) < 4.78 is 12.2. The van der Waals surface area contributed by atoms with Crippen LogP contribution in [0.2, 0.25) is 5.02 Å². The van der Waals surface area contributed by atoms with Crippen LogP contribution in [0.5, 0.6) is 11.5 Å². The molecule has 1 aliphatic rings. The third kappa shape index (κ3) is 3.43. The summed E-state index contributed by atoms with van der Waals surface area (Å²) in [4.78, 5) is 0. The molecule has 4 aromatic carbocycles. The Morgan fingerprint density at radius 1 is 0.906 bits per heavy atom. The van der Waals surface area contributed by atoms with Gasteiger partial charge in [0, 0.05) is 27.1 Å². The van der Waals surface area contributed by atoms with Gasteiger partial charge in [-0.15, -0.1) is 0 Å². The lowest BCUT2D eigenvalue weighted by Gasteiger charge is -2.28. The van der Waals surface area contributed by atoms with Gasteiger partial charge in [-0.2, -0.15) is 5.26 Å². The quantitative estimate of drug-likeness (QED) is 0.406. The fraction of sp³-hybridized carbons (Fsp3) is 0.0741. The van der Waals surface area contributed by atoms with Crippen molar-refractivity contribution in [2.45, 2.75) is 12.5 Å². The van der Waals surface area contributed by atoms with E-state index in [0.717, 1.165) is 27.5 Å². The summed E-state index contributed by atoms with van der Waals surface area (Å²) in [6.45, 7) is 0.311. The Kier molecular flexibility index (Phi) is 5.18. The number of nitrogens with zero attached hydrogens (tertiary/aromatic N) is 1. The highest BCUT2D eigenvalue weighted by Crippen LogP contribution is 2.47. The van der Waals surface area contributed by atoms with Crippen molar-refractivity contribution in [3.05, 3.63) is 118 Å². The summed E-state index contributed by atoms with van der Waals surface area (Å²) in [5.74, 6) is 1.04. The summed E-state index contributed by atoms with van der Waals surface area (Å²) in [7, 11) is 0. The van der Waals surface area contributed by atoms with Crippen LogP contribution in [-0.2, 0) is 6.61 Å². The highest BCUT2D eigenvalue weighted by atomic mass is 35.5. The minimum atomic E-state index is -0.407. The first kappa shape index (κ1) is 20.0. The van der Waals surface area contributed by atoms with Crippen molar-refractivity contribution in [2.24, 2.45) is 5.73 Å². The normalized spacial score (nSPS) is 15.1. The van der Waals surface area contributed by atoms with Crippen molar-refractivity contribution < 1.29 is 9.47 Å². The SMILES string of the molecule is N#CC1=C(N)Oc2c(ccc3ccccc23)C1c1ccccc1OCc1ccccc1Cl. The molecular formula is C27H19ClN2O2. The van der Waals surface area contributed by atoms with Crippen LogP contribution in [0.4, 0.5) is 0 Å². The summed E-state index contributed by atoms with van der Waals surface area (Å²) in [6, 6.07) is 29.5. The number of benzene rings is 4. The first-order valence-electron chi connectivity index (χ1n) is 10.2. The molecule has 5 rings (SSSR count). The number of hydrogen-bond acceptors (Lipinski definition) is 4. The van der Waals surface area contributed by atoms with Crippen molar-refractivity contribution in [3.63, 3.8) is 0 Å². The van der Waals surface area contributed by atoms with E-state index < -0.39 is 5.92 Å². The topological polar surface area (TPSA) is 68.3 Å². The lowest BCUT2D eigenvalue weighted by molar-refractivity contribution is 0.302. The fourth-order valence-corrected chi connectivity index (χ4v) is 4.32. The van der Waals surface area contributed by atoms with E-state index >= 15 is 0 Å². The molecular weight excluding hydrogens is 420 g/mol. The Balaban J connectivity index is 1.63. The molecule has 0 aliphatic carbocycles. The largest absolute Gasteiger partial charge is 0.489 e. The monoisotopic (exact) mass is 438 g/mol. The zero-order chi connectivity index (χ0) is 22.1. The van der Waals surface area contributed by atoms with Crippen molar-refractivity contribution >= 4 is 22.4 Å². The molecule has 0 saturated heterocycles. The molecule has 4 aromatic rings. The number of para-hydroxylation sites is 1. The van der Waals surface area contributed by atoms with Crippen molar-refractivity contribution in [1.82, 2.24) is 0 Å². The van der Waals surface area contributed by atoms with Gasteiger partial charge >= 0.3 is 0 Å². The van der Waals surface area contributed by atoms with E-state index in [1.807, 2.05) is 84.9 Å². The number of fused-ring (bicyclic) bond motifs is 3. The Morgan fingerprint density at radius 2 is 1.66 bits per heavy atom. The van der Waals surface area contributed by atoms with Gasteiger partial charge in [0.15, 0.2) is 0 Å². The zero-order valence-electron chi connectivity index (χ0n) is 17.1. The molecule has 4 nitrogen and oxygen atoms in total. The third-order valence-corrected chi connectivity index (χ3v) is 6.05. The molecule has 0 amide bonds. The van der Waals surface area contributed by atoms with Gasteiger partial charge in [-0.05, 0) is 17.5 Å². The van der Waals surface area contributed by atoms with Gasteiger partial charge in [0.2, 0.25) is 5.88 Å². The summed E-state index contributed by atoms with van der Waals surface area (Å²) in [6.07, 6.45) is 0. The highest BCUT2D eigenvalue weighted by molar-refractivity contribution is 6.31. The minimum Gasteiger partial charge on any atom is -0.489 e. The first-order chi connectivity index (χ1) is 15.7. The van der Waals surface area contributed by atoms with Crippen LogP contribution in [0, 0.1) is 11.3 Å². The predicted molar refractivity (Wildman–Crippen MR) is 125 cm³/mol. The predicted octanol–water partition coefficient (Wildman–Crippen LogP) is 6.29. The van der Waals surface area contributed by atoms with Gasteiger partial charge in [-0.25, -0.2) is 0 Å². The van der Waals surface area contributed by atoms with Crippen LogP contribution in [0.3, 0.4) is 0 Å². The van der Waals surface area contributed by atoms with E-state index in [4.69, 9.17) is 26.8 Å². The standard InChI is InChI=1S/C27H19ClN2O2/c28-23-11-5-2-8-18(23)16-31-24-12-6-4-10-20(24)25-21-14-13-17-7-1-3-9-19(17)26(21)32-27(30)22(25)15-29/h1-14,25H,16,30H2. The number of hydrogen-bond donors (Lipinski definition) is 1. The first-order valence-corrected chi connectivity index (χ1v) is 10.6. The number of allylic oxidation sites excluding steroid dienone is 1. The second-order valence-electron chi connectivity index (χ2n) is 7.55. The van der Waals surface area contributed by atoms with Crippen LogP contribution in [0.1, 0.15) is 22.6 Å². The Hall–Kier alpha value is -3.94. The molecule has 1 aliphatic heterocycles. The molecule has 32 heavy (non-hydrogen) atoms. The van der Waals surface area contributed by atoms with Crippen LogP contribution in [-0.4, -0.2) is 0 Å². The maximum absolute atomic E-state index is 9.94. The molecule has 5 heteroatoms. The summed E-state index contributed by atoms with van der Waals surface area (Å²) >= 11 is 6.30. The van der Waals surface area contributed by atoms with E-state index in [9.17, 15) is 5.26 Å². The van der Waals surface area contributed by atoms with E-state index in [2.05, 4.69) is 6.07 Å². The van der Waals surface area contributed by atoms with Crippen molar-refractivity contribution in [2.75, 3.05) is 0 Å². The molecule has 0 aromatic heterocycles. The molecule has 1 heterocycles. The molecule has 1 unspecified atom stereocenters. The van der Waals surface area contributed by atoms with E-state index in [0.29, 0.717) is 28.7 Å². The van der Waals surface area contributed by atoms with Crippen molar-refractivity contribution in [1.29, 1.82) is 5.26 Å². The van der Waals surface area contributed by atoms with Crippen LogP contribution in [0.25, 0.3) is 10.8 Å². The smallest absolute Gasteiger partial charge is 0.205 e. The van der Waals surface area contributed by atoms with Gasteiger partial charge in [0.05, 0.1) is 5.92 Å². The van der Waals surface area contributed by atoms with E-state index in [1.165, 1.54) is 0 Å². The molecule has 0 radical (unpaired) electrons. The molecule has 0 spiro atoms. The Morgan fingerprint density at radius 3 is 2.50 bits per heavy atom. The van der Waals surface area contributed by atoms with E-state index in [-0.39, 0.29) is 5.88 Å². The summed E-state index contributed by atoms with van der Waals surface area (Å²) in [5.41, 5.74) is 9.21. The van der Waals surface area contributed by atoms with Crippen LogP contribution in [0.15, 0.2) is 96.4 Å². The number of halogens is 1. The number of ether oxygens (including phenoxy) is 2. The minimum absolute atomic E-state index is 0.113. The van der Waals surface area contributed by atoms with Gasteiger partial charge in [0.1, 0.15) is 29.7 Å². The maximum atomic E-state index is 9.94. The Labute approximate surface area is 191 Å². The van der Waals surface area contributed by atoms with Gasteiger partial charge in [-0.1, -0.05) is 84.4 Å². The molecule has 1 atom stereocenters. The Bertz CT molecular complexity index is 1400. The lowest BCUT2D eigenvalue weighted by atomic mass is 9.82.